The third-order valence-electron chi connectivity index (χ3n) is 10.9. The number of likely N-dealkylation sites (N-methyl/N-ethyl adjacent to an activating group) is 1. The average Bonchev–Trinajstić information content (AvgIpc) is 3.22. The molecule has 1 N–H and O–H groups in total. The molecule has 0 rings (SSSR count). The van der Waals surface area contributed by atoms with Crippen LogP contribution in [0.1, 0.15) is 206 Å². The van der Waals surface area contributed by atoms with Gasteiger partial charge in [0.1, 0.15) is 6.61 Å². The third kappa shape index (κ3) is 42.1. The summed E-state index contributed by atoms with van der Waals surface area (Å²) in [5.41, 5.74) is 0. The van der Waals surface area contributed by atoms with E-state index in [1.165, 1.54) is 96.3 Å². The predicted octanol–water partition coefficient (Wildman–Crippen LogP) is 14.1. The number of hydrogen-bond donors (Lipinski definition) is 1. The molecule has 0 radical (unpaired) electrons. The first-order chi connectivity index (χ1) is 29.6. The highest BCUT2D eigenvalue weighted by molar-refractivity contribution is 5.72. The van der Waals surface area contributed by atoms with Crippen molar-refractivity contribution in [2.45, 2.75) is 219 Å². The lowest BCUT2D eigenvalue weighted by Gasteiger charge is -2.31. The average molecular weight is 857 g/mol. The Morgan fingerprint density at radius 3 is 1.38 bits per heavy atom. The standard InChI is InChI=1S/C53H93NO7/c1-6-8-10-12-14-16-18-20-22-24-26-28-30-32-34-36-38-40-42-44-52(56)61-49(47-59-46-45-50(53(57)58)54(3,4)5)48-60-51(55)43-41-39-37-35-33-31-29-27-25-23-21-19-17-15-13-11-9-7-2/h8,10,14,16,20,22-23,25-26,28,49-50H,6-7,9,11-13,15,17-19,21,24,27,29-48H2,1-5H3/p+1/b10-8-,16-14-,22-20-,25-23-,28-26-. The van der Waals surface area contributed by atoms with Crippen LogP contribution in [0, 0.1) is 0 Å². The van der Waals surface area contributed by atoms with Crippen molar-refractivity contribution in [3.63, 3.8) is 0 Å². The lowest BCUT2D eigenvalue weighted by atomic mass is 10.1. The highest BCUT2D eigenvalue weighted by Gasteiger charge is 2.31. The van der Waals surface area contributed by atoms with Crippen molar-refractivity contribution >= 4 is 17.9 Å². The summed E-state index contributed by atoms with van der Waals surface area (Å²) < 4.78 is 17.3. The highest BCUT2D eigenvalue weighted by Crippen LogP contribution is 2.14. The number of ether oxygens (including phenoxy) is 3. The number of esters is 2. The van der Waals surface area contributed by atoms with Gasteiger partial charge in [-0.2, -0.15) is 0 Å². The van der Waals surface area contributed by atoms with E-state index in [-0.39, 0.29) is 36.2 Å². The molecule has 0 aromatic rings. The minimum Gasteiger partial charge on any atom is -0.477 e. The lowest BCUT2D eigenvalue weighted by Crippen LogP contribution is -2.50. The first-order valence-corrected chi connectivity index (χ1v) is 24.8. The molecule has 0 fully saturated rings. The SMILES string of the molecule is CC/C=C\C/C=C\C/C=C\C/C=C\CCCCCCCCC(=O)OC(COCCC(C(=O)O)[N+](C)(C)C)COC(=O)CCCCCCCCC/C=C\CCCCCCCCC. The Kier molecular flexibility index (Phi) is 41.5. The minimum absolute atomic E-state index is 0.0523. The molecule has 0 aliphatic rings. The van der Waals surface area contributed by atoms with Crippen molar-refractivity contribution in [3.8, 4) is 0 Å². The molecule has 352 valence electrons. The van der Waals surface area contributed by atoms with Crippen LogP contribution in [0.2, 0.25) is 0 Å². The number of aliphatic carboxylic acids is 1. The van der Waals surface area contributed by atoms with Crippen LogP contribution in [0.3, 0.4) is 0 Å². The van der Waals surface area contributed by atoms with E-state index in [9.17, 15) is 19.5 Å². The van der Waals surface area contributed by atoms with Gasteiger partial charge >= 0.3 is 17.9 Å². The van der Waals surface area contributed by atoms with Gasteiger partial charge in [-0.25, -0.2) is 4.79 Å². The Morgan fingerprint density at radius 1 is 0.508 bits per heavy atom. The van der Waals surface area contributed by atoms with Crippen LogP contribution in [0.5, 0.6) is 0 Å². The van der Waals surface area contributed by atoms with Crippen molar-refractivity contribution < 1.29 is 38.2 Å². The summed E-state index contributed by atoms with van der Waals surface area (Å²) in [5, 5.41) is 9.65. The van der Waals surface area contributed by atoms with Gasteiger partial charge < -0.3 is 23.8 Å². The van der Waals surface area contributed by atoms with Gasteiger partial charge in [0.05, 0.1) is 34.4 Å². The molecule has 61 heavy (non-hydrogen) atoms. The number of carboxylic acids is 1. The lowest BCUT2D eigenvalue weighted by molar-refractivity contribution is -0.887. The molecule has 0 aromatic heterocycles. The van der Waals surface area contributed by atoms with Crippen LogP contribution >= 0.6 is 0 Å². The molecule has 2 atom stereocenters. The molecular formula is C53H94NO7+. The van der Waals surface area contributed by atoms with Gasteiger partial charge in [0, 0.05) is 19.3 Å². The van der Waals surface area contributed by atoms with Gasteiger partial charge in [-0.1, -0.05) is 171 Å². The van der Waals surface area contributed by atoms with Crippen LogP contribution in [0.4, 0.5) is 0 Å². The zero-order valence-electron chi connectivity index (χ0n) is 40.1. The summed E-state index contributed by atoms with van der Waals surface area (Å²) >= 11 is 0. The Morgan fingerprint density at radius 2 is 0.918 bits per heavy atom. The molecule has 0 heterocycles. The number of carboxylic acid groups (broad SMARTS) is 1. The summed E-state index contributed by atoms with van der Waals surface area (Å²) in [6, 6.07) is -0.620. The molecule has 8 nitrogen and oxygen atoms in total. The molecule has 0 saturated carbocycles. The second-order valence-corrected chi connectivity index (χ2v) is 17.7. The predicted molar refractivity (Wildman–Crippen MR) is 257 cm³/mol. The second-order valence-electron chi connectivity index (χ2n) is 17.7. The molecule has 2 unspecified atom stereocenters. The van der Waals surface area contributed by atoms with Gasteiger partial charge in [-0.3, -0.25) is 9.59 Å². The van der Waals surface area contributed by atoms with Crippen LogP contribution in [0.25, 0.3) is 0 Å². The monoisotopic (exact) mass is 857 g/mol. The molecule has 0 aromatic carbocycles. The van der Waals surface area contributed by atoms with Crippen LogP contribution in [0.15, 0.2) is 60.8 Å². The smallest absolute Gasteiger partial charge is 0.362 e. The van der Waals surface area contributed by atoms with Crippen molar-refractivity contribution in [3.05, 3.63) is 60.8 Å². The second kappa shape index (κ2) is 43.7. The van der Waals surface area contributed by atoms with Crippen LogP contribution in [-0.4, -0.2) is 80.6 Å². The molecule has 0 saturated heterocycles. The van der Waals surface area contributed by atoms with Gasteiger partial charge in [0.15, 0.2) is 12.1 Å². The maximum absolute atomic E-state index is 12.8. The first kappa shape index (κ1) is 58.0. The van der Waals surface area contributed by atoms with Gasteiger partial charge in [0.25, 0.3) is 0 Å². The van der Waals surface area contributed by atoms with E-state index in [4.69, 9.17) is 14.2 Å². The third-order valence-corrected chi connectivity index (χ3v) is 10.9. The van der Waals surface area contributed by atoms with Crippen molar-refractivity contribution in [1.29, 1.82) is 0 Å². The number of quaternary nitrogens is 1. The molecule has 0 amide bonds. The van der Waals surface area contributed by atoms with E-state index in [0.717, 1.165) is 77.0 Å². The Bertz CT molecular complexity index is 1180. The summed E-state index contributed by atoms with van der Waals surface area (Å²) in [7, 11) is 5.52. The topological polar surface area (TPSA) is 99.1 Å². The number of carbonyl (C=O) groups excluding carboxylic acids is 2. The molecule has 0 bridgehead atoms. The Labute approximate surface area is 375 Å². The fourth-order valence-electron chi connectivity index (χ4n) is 7.08. The van der Waals surface area contributed by atoms with Gasteiger partial charge in [-0.15, -0.1) is 0 Å². The maximum atomic E-state index is 12.8. The van der Waals surface area contributed by atoms with Crippen molar-refractivity contribution in [2.75, 3.05) is 41.0 Å². The number of allylic oxidation sites excluding steroid dienone is 10. The molecule has 0 aliphatic carbocycles. The first-order valence-electron chi connectivity index (χ1n) is 24.8. The van der Waals surface area contributed by atoms with E-state index < -0.39 is 18.1 Å². The Hall–Kier alpha value is -2.97. The number of rotatable bonds is 44. The number of hydrogen-bond acceptors (Lipinski definition) is 6. The molecular weight excluding hydrogens is 763 g/mol. The minimum atomic E-state index is -0.879. The van der Waals surface area contributed by atoms with E-state index >= 15 is 0 Å². The molecule has 8 heteroatoms. The summed E-state index contributed by atoms with van der Waals surface area (Å²) in [6.07, 6.45) is 54.0. The maximum Gasteiger partial charge on any atom is 0.362 e. The van der Waals surface area contributed by atoms with Gasteiger partial charge in [-0.05, 0) is 77.0 Å². The molecule has 0 spiro atoms. The fraction of sp³-hybridized carbons (Fsp3) is 0.755. The van der Waals surface area contributed by atoms with Gasteiger partial charge in [0.2, 0.25) is 0 Å². The fourth-order valence-corrected chi connectivity index (χ4v) is 7.08. The van der Waals surface area contributed by atoms with E-state index in [0.29, 0.717) is 19.3 Å². The molecule has 0 aliphatic heterocycles. The van der Waals surface area contributed by atoms with Crippen LogP contribution in [-0.2, 0) is 28.6 Å². The summed E-state index contributed by atoms with van der Waals surface area (Å²) in [5.74, 6) is -1.49. The Balaban J connectivity index is 4.31. The number of carbonyl (C=O) groups is 3. The zero-order chi connectivity index (χ0) is 44.9. The van der Waals surface area contributed by atoms with Crippen molar-refractivity contribution in [2.24, 2.45) is 0 Å². The highest BCUT2D eigenvalue weighted by atomic mass is 16.6. The van der Waals surface area contributed by atoms with Crippen molar-refractivity contribution in [1.82, 2.24) is 0 Å². The number of unbranched alkanes of at least 4 members (excludes halogenated alkanes) is 20. The number of nitrogens with zero attached hydrogens (tertiary/aromatic N) is 1. The summed E-state index contributed by atoms with van der Waals surface area (Å²) in [4.78, 5) is 37.1. The van der Waals surface area contributed by atoms with E-state index in [1.54, 1.807) is 0 Å². The quantitative estimate of drug-likeness (QED) is 0.0282. The van der Waals surface area contributed by atoms with Crippen LogP contribution < -0.4 is 0 Å². The largest absolute Gasteiger partial charge is 0.477 e. The van der Waals surface area contributed by atoms with E-state index in [2.05, 4.69) is 74.6 Å². The summed E-state index contributed by atoms with van der Waals surface area (Å²) in [6.45, 7) is 4.61. The van der Waals surface area contributed by atoms with E-state index in [1.807, 2.05) is 21.1 Å². The normalized spacial score (nSPS) is 13.4. The zero-order valence-corrected chi connectivity index (χ0v) is 40.1.